The standard InChI is InChI=1S/C17H20N2S2/c1-4-20-17(21-5-2)14(10-18)12(3)15-11-19-16-9-7-6-8-13(15)16/h6-9,11-12,19H,4-5H2,1-3H3. The van der Waals surface area contributed by atoms with Gasteiger partial charge in [-0.15, -0.1) is 23.5 Å². The Kier molecular flexibility index (Phi) is 5.84. The highest BCUT2D eigenvalue weighted by molar-refractivity contribution is 8.22. The zero-order valence-corrected chi connectivity index (χ0v) is 14.3. The van der Waals surface area contributed by atoms with E-state index in [-0.39, 0.29) is 5.92 Å². The zero-order chi connectivity index (χ0) is 15.2. The number of thioether (sulfide) groups is 2. The third kappa shape index (κ3) is 3.48. The first kappa shape index (κ1) is 16.1. The Hall–Kier alpha value is -1.31. The van der Waals surface area contributed by atoms with E-state index in [1.165, 1.54) is 15.2 Å². The van der Waals surface area contributed by atoms with Gasteiger partial charge in [-0.05, 0) is 23.1 Å². The lowest BCUT2D eigenvalue weighted by atomic mass is 9.94. The summed E-state index contributed by atoms with van der Waals surface area (Å²) in [5.41, 5.74) is 3.22. The van der Waals surface area contributed by atoms with Crippen LogP contribution in [-0.4, -0.2) is 16.5 Å². The molecular weight excluding hydrogens is 296 g/mol. The number of hydrogen-bond donors (Lipinski definition) is 1. The third-order valence-corrected chi connectivity index (χ3v) is 5.66. The van der Waals surface area contributed by atoms with Crippen molar-refractivity contribution in [1.82, 2.24) is 4.98 Å². The van der Waals surface area contributed by atoms with Gasteiger partial charge < -0.3 is 4.98 Å². The summed E-state index contributed by atoms with van der Waals surface area (Å²) in [7, 11) is 0. The lowest BCUT2D eigenvalue weighted by Gasteiger charge is -2.14. The molecule has 2 rings (SSSR count). The third-order valence-electron chi connectivity index (χ3n) is 3.41. The van der Waals surface area contributed by atoms with Crippen LogP contribution in [0.1, 0.15) is 32.3 Å². The molecule has 21 heavy (non-hydrogen) atoms. The maximum Gasteiger partial charge on any atom is 0.0970 e. The monoisotopic (exact) mass is 316 g/mol. The van der Waals surface area contributed by atoms with Crippen LogP contribution in [0, 0.1) is 11.3 Å². The number of aromatic nitrogens is 1. The Morgan fingerprint density at radius 3 is 2.52 bits per heavy atom. The molecule has 2 aromatic rings. The number of H-pyrrole nitrogens is 1. The highest BCUT2D eigenvalue weighted by atomic mass is 32.2. The molecule has 2 nitrogen and oxygen atoms in total. The smallest absolute Gasteiger partial charge is 0.0970 e. The summed E-state index contributed by atoms with van der Waals surface area (Å²) in [5, 5.41) is 10.9. The van der Waals surface area contributed by atoms with Crippen molar-refractivity contribution in [2.24, 2.45) is 0 Å². The lowest BCUT2D eigenvalue weighted by Crippen LogP contribution is -1.98. The van der Waals surface area contributed by atoms with Gasteiger partial charge in [0.2, 0.25) is 0 Å². The second-order valence-electron chi connectivity index (χ2n) is 4.69. The van der Waals surface area contributed by atoms with Crippen molar-refractivity contribution in [2.45, 2.75) is 26.7 Å². The predicted octanol–water partition coefficient (Wildman–Crippen LogP) is 5.51. The summed E-state index contributed by atoms with van der Waals surface area (Å²) in [4.78, 5) is 3.31. The molecule has 0 saturated carbocycles. The molecule has 1 aromatic heterocycles. The minimum absolute atomic E-state index is 0.110. The minimum Gasteiger partial charge on any atom is -0.361 e. The highest BCUT2D eigenvalue weighted by Crippen LogP contribution is 2.39. The van der Waals surface area contributed by atoms with E-state index in [0.29, 0.717) is 0 Å². The van der Waals surface area contributed by atoms with Crippen LogP contribution in [0.3, 0.4) is 0 Å². The van der Waals surface area contributed by atoms with E-state index in [2.05, 4.69) is 44.0 Å². The van der Waals surface area contributed by atoms with Crippen LogP contribution in [-0.2, 0) is 0 Å². The fourth-order valence-corrected chi connectivity index (χ4v) is 4.71. The quantitative estimate of drug-likeness (QED) is 0.714. The predicted molar refractivity (Wildman–Crippen MR) is 95.6 cm³/mol. The van der Waals surface area contributed by atoms with Crippen LogP contribution in [0.25, 0.3) is 10.9 Å². The number of nitrogens with one attached hydrogen (secondary N) is 1. The summed E-state index contributed by atoms with van der Waals surface area (Å²) in [6, 6.07) is 10.7. The Morgan fingerprint density at radius 1 is 1.24 bits per heavy atom. The molecule has 1 unspecified atom stereocenters. The van der Waals surface area contributed by atoms with Gasteiger partial charge in [-0.1, -0.05) is 39.0 Å². The topological polar surface area (TPSA) is 39.6 Å². The second kappa shape index (κ2) is 7.63. The number of allylic oxidation sites excluding steroid dienone is 1. The fraction of sp³-hybridized carbons (Fsp3) is 0.353. The van der Waals surface area contributed by atoms with Crippen molar-refractivity contribution in [2.75, 3.05) is 11.5 Å². The molecular formula is C17H20N2S2. The number of rotatable bonds is 6. The van der Waals surface area contributed by atoms with Crippen molar-refractivity contribution in [3.63, 3.8) is 0 Å². The number of benzene rings is 1. The first-order valence-electron chi connectivity index (χ1n) is 7.18. The molecule has 1 atom stereocenters. The van der Waals surface area contributed by atoms with E-state index in [1.54, 1.807) is 23.5 Å². The zero-order valence-electron chi connectivity index (χ0n) is 12.6. The van der Waals surface area contributed by atoms with Gasteiger partial charge in [-0.3, -0.25) is 0 Å². The van der Waals surface area contributed by atoms with Crippen molar-refractivity contribution >= 4 is 34.4 Å². The normalized spacial score (nSPS) is 12.1. The van der Waals surface area contributed by atoms with Crippen molar-refractivity contribution < 1.29 is 0 Å². The molecule has 0 bridgehead atoms. The molecule has 1 N–H and O–H groups in total. The van der Waals surface area contributed by atoms with Crippen LogP contribution in [0.2, 0.25) is 0 Å². The van der Waals surface area contributed by atoms with Crippen molar-refractivity contribution in [3.05, 3.63) is 45.8 Å². The van der Waals surface area contributed by atoms with Gasteiger partial charge in [0, 0.05) is 23.0 Å². The van der Waals surface area contributed by atoms with Crippen LogP contribution >= 0.6 is 23.5 Å². The Morgan fingerprint density at radius 2 is 1.90 bits per heavy atom. The number of fused-ring (bicyclic) bond motifs is 1. The van der Waals surface area contributed by atoms with Gasteiger partial charge in [0.25, 0.3) is 0 Å². The first-order chi connectivity index (χ1) is 10.2. The van der Waals surface area contributed by atoms with Gasteiger partial charge >= 0.3 is 0 Å². The highest BCUT2D eigenvalue weighted by Gasteiger charge is 2.19. The maximum absolute atomic E-state index is 9.65. The van der Waals surface area contributed by atoms with Crippen molar-refractivity contribution in [1.29, 1.82) is 5.26 Å². The summed E-state index contributed by atoms with van der Waals surface area (Å²) in [6.07, 6.45) is 2.04. The Labute approximate surface area is 135 Å². The first-order valence-corrected chi connectivity index (χ1v) is 9.15. The summed E-state index contributed by atoms with van der Waals surface area (Å²) in [6.45, 7) is 6.39. The van der Waals surface area contributed by atoms with Gasteiger partial charge in [0.15, 0.2) is 0 Å². The summed E-state index contributed by atoms with van der Waals surface area (Å²) in [5.74, 6) is 2.10. The summed E-state index contributed by atoms with van der Waals surface area (Å²) >= 11 is 3.55. The molecule has 1 heterocycles. The molecule has 0 aliphatic heterocycles. The molecule has 0 radical (unpaired) electrons. The molecule has 1 aromatic carbocycles. The number of nitriles is 1. The lowest BCUT2D eigenvalue weighted by molar-refractivity contribution is 0.936. The number of nitrogens with zero attached hydrogens (tertiary/aromatic N) is 1. The number of para-hydroxylation sites is 1. The molecule has 0 aliphatic carbocycles. The van der Waals surface area contributed by atoms with E-state index in [1.807, 2.05) is 18.3 Å². The van der Waals surface area contributed by atoms with Gasteiger partial charge in [0.1, 0.15) is 0 Å². The molecule has 0 amide bonds. The van der Waals surface area contributed by atoms with Crippen LogP contribution in [0.5, 0.6) is 0 Å². The molecule has 0 spiro atoms. The average molecular weight is 316 g/mol. The maximum atomic E-state index is 9.65. The minimum atomic E-state index is 0.110. The van der Waals surface area contributed by atoms with E-state index in [4.69, 9.17) is 0 Å². The van der Waals surface area contributed by atoms with Crippen LogP contribution in [0.4, 0.5) is 0 Å². The van der Waals surface area contributed by atoms with E-state index < -0.39 is 0 Å². The van der Waals surface area contributed by atoms with Gasteiger partial charge in [-0.2, -0.15) is 5.26 Å². The Bertz CT molecular complexity index is 671. The largest absolute Gasteiger partial charge is 0.361 e. The van der Waals surface area contributed by atoms with Gasteiger partial charge in [-0.25, -0.2) is 0 Å². The number of hydrogen-bond acceptors (Lipinski definition) is 3. The fourth-order valence-electron chi connectivity index (χ4n) is 2.39. The SMILES string of the molecule is CCSC(SCC)=C(C#N)C(C)c1c[nH]c2ccccc12. The van der Waals surface area contributed by atoms with E-state index in [0.717, 1.165) is 22.6 Å². The van der Waals surface area contributed by atoms with E-state index >= 15 is 0 Å². The molecule has 0 fully saturated rings. The molecule has 0 aliphatic rings. The average Bonchev–Trinajstić information content (AvgIpc) is 2.92. The number of aromatic amines is 1. The summed E-state index contributed by atoms with van der Waals surface area (Å²) < 4.78 is 1.17. The molecule has 0 saturated heterocycles. The van der Waals surface area contributed by atoms with Crippen molar-refractivity contribution in [3.8, 4) is 6.07 Å². The van der Waals surface area contributed by atoms with Crippen LogP contribution < -0.4 is 0 Å². The Balaban J connectivity index is 2.46. The van der Waals surface area contributed by atoms with Gasteiger partial charge in [0.05, 0.1) is 15.9 Å². The molecule has 110 valence electrons. The second-order valence-corrected chi connectivity index (χ2v) is 7.50. The molecule has 4 heteroatoms. The van der Waals surface area contributed by atoms with E-state index in [9.17, 15) is 5.26 Å². The van der Waals surface area contributed by atoms with Crippen LogP contribution in [0.15, 0.2) is 40.3 Å².